The number of halogens is 1. The number of aromatic nitrogens is 1. The fourth-order valence-electron chi connectivity index (χ4n) is 4.70. The van der Waals surface area contributed by atoms with Crippen LogP contribution in [0.15, 0.2) is 59.5 Å². The van der Waals surface area contributed by atoms with Crippen molar-refractivity contribution in [2.45, 2.75) is 55.7 Å². The number of carbonyl (C=O) groups is 1. The summed E-state index contributed by atoms with van der Waals surface area (Å²) in [5, 5.41) is 3.70. The van der Waals surface area contributed by atoms with Gasteiger partial charge in [-0.05, 0) is 74.6 Å². The molecule has 8 nitrogen and oxygen atoms in total. The third kappa shape index (κ3) is 6.08. The Morgan fingerprint density at radius 2 is 1.78 bits per heavy atom. The van der Waals surface area contributed by atoms with Gasteiger partial charge in [0.1, 0.15) is 11.9 Å². The van der Waals surface area contributed by atoms with Crippen molar-refractivity contribution in [3.05, 3.63) is 66.0 Å². The Morgan fingerprint density at radius 1 is 1.05 bits per heavy atom. The number of ether oxygens (including phenoxy) is 2. The third-order valence-electron chi connectivity index (χ3n) is 6.99. The van der Waals surface area contributed by atoms with Crippen LogP contribution in [0.25, 0.3) is 10.9 Å². The molecule has 5 rings (SSSR count). The van der Waals surface area contributed by atoms with Crippen molar-refractivity contribution in [1.29, 1.82) is 0 Å². The largest absolute Gasteiger partial charge is 0.469 e. The Hall–Kier alpha value is -3.08. The van der Waals surface area contributed by atoms with Crippen molar-refractivity contribution in [3.8, 4) is 5.88 Å². The lowest BCUT2D eigenvalue weighted by Gasteiger charge is -2.29. The molecule has 1 aromatic heterocycles. The van der Waals surface area contributed by atoms with Gasteiger partial charge < -0.3 is 14.8 Å². The second-order valence-electron chi connectivity index (χ2n) is 9.73. The van der Waals surface area contributed by atoms with Crippen LogP contribution in [-0.4, -0.2) is 44.7 Å². The molecule has 10 heteroatoms. The molecular formula is C27H30FN3O5S. The maximum absolute atomic E-state index is 13.2. The molecule has 2 heterocycles. The summed E-state index contributed by atoms with van der Waals surface area (Å²) in [6.45, 7) is 2.95. The highest BCUT2D eigenvalue weighted by Gasteiger charge is 2.30. The van der Waals surface area contributed by atoms with Crippen LogP contribution in [0, 0.1) is 11.7 Å². The first-order valence-electron chi connectivity index (χ1n) is 12.5. The fraction of sp³-hybridized carbons (Fsp3) is 0.407. The highest BCUT2D eigenvalue weighted by molar-refractivity contribution is 7.89. The molecule has 0 bridgehead atoms. The number of sulfonamides is 1. The van der Waals surface area contributed by atoms with Gasteiger partial charge in [0, 0.05) is 23.4 Å². The van der Waals surface area contributed by atoms with E-state index in [-0.39, 0.29) is 40.7 Å². The van der Waals surface area contributed by atoms with Gasteiger partial charge in [-0.3, -0.25) is 4.79 Å². The smallest absolute Gasteiger partial charge is 0.240 e. The molecule has 0 spiro atoms. The van der Waals surface area contributed by atoms with E-state index < -0.39 is 10.0 Å². The van der Waals surface area contributed by atoms with E-state index in [1.807, 2.05) is 6.92 Å². The Morgan fingerprint density at radius 3 is 2.46 bits per heavy atom. The minimum absolute atomic E-state index is 0.00756. The SMILES string of the molecule is C[C@@H](NC(=O)[C@H]1CC[C@H](NS(=O)(=O)c2ccc3nc(OC4COC4)ccc3c2)CC1)c1ccc(F)cc1. The molecule has 2 aliphatic rings. The van der Waals surface area contributed by atoms with Gasteiger partial charge in [0.2, 0.25) is 21.8 Å². The van der Waals surface area contributed by atoms with Crippen molar-refractivity contribution in [2.75, 3.05) is 13.2 Å². The first-order valence-corrected chi connectivity index (χ1v) is 14.0. The Labute approximate surface area is 215 Å². The maximum Gasteiger partial charge on any atom is 0.240 e. The lowest BCUT2D eigenvalue weighted by Crippen LogP contribution is -2.41. The number of amides is 1. The molecule has 37 heavy (non-hydrogen) atoms. The fourth-order valence-corrected chi connectivity index (χ4v) is 6.04. The second-order valence-corrected chi connectivity index (χ2v) is 11.4. The molecular weight excluding hydrogens is 497 g/mol. The van der Waals surface area contributed by atoms with Crippen LogP contribution in [0.5, 0.6) is 5.88 Å². The summed E-state index contributed by atoms with van der Waals surface area (Å²) in [6.07, 6.45) is 2.33. The predicted molar refractivity (Wildman–Crippen MR) is 136 cm³/mol. The van der Waals surface area contributed by atoms with Gasteiger partial charge in [-0.1, -0.05) is 12.1 Å². The molecule has 1 saturated carbocycles. The zero-order valence-electron chi connectivity index (χ0n) is 20.5. The lowest BCUT2D eigenvalue weighted by atomic mass is 9.85. The van der Waals surface area contributed by atoms with Crippen LogP contribution in [0.1, 0.15) is 44.2 Å². The number of benzene rings is 2. The number of pyridine rings is 1. The van der Waals surface area contributed by atoms with E-state index in [1.165, 1.54) is 12.1 Å². The summed E-state index contributed by atoms with van der Waals surface area (Å²) < 4.78 is 52.9. The van der Waals surface area contributed by atoms with Crippen LogP contribution in [0.3, 0.4) is 0 Å². The monoisotopic (exact) mass is 527 g/mol. The highest BCUT2D eigenvalue weighted by atomic mass is 32.2. The first kappa shape index (κ1) is 25.6. The number of hydrogen-bond donors (Lipinski definition) is 2. The lowest BCUT2D eigenvalue weighted by molar-refractivity contribution is -0.126. The standard InChI is InChI=1S/C27H30FN3O5S/c1-17(18-2-7-21(28)8-3-18)29-27(32)19-4-9-22(10-5-19)31-37(33,34)24-11-12-25-20(14-24)6-13-26(30-25)36-23-15-35-16-23/h2-3,6-8,11-14,17,19,22-23,31H,4-5,9-10,15-16H2,1H3,(H,29,32)/t17-,19-,22-/m1/s1. The highest BCUT2D eigenvalue weighted by Crippen LogP contribution is 2.28. The van der Waals surface area contributed by atoms with Gasteiger partial charge in [-0.15, -0.1) is 0 Å². The summed E-state index contributed by atoms with van der Waals surface area (Å²) in [7, 11) is -3.73. The number of hydrogen-bond acceptors (Lipinski definition) is 6. The van der Waals surface area contributed by atoms with Crippen molar-refractivity contribution >= 4 is 26.8 Å². The van der Waals surface area contributed by atoms with Crippen LogP contribution >= 0.6 is 0 Å². The molecule has 1 saturated heterocycles. The number of nitrogens with zero attached hydrogens (tertiary/aromatic N) is 1. The molecule has 1 aliphatic heterocycles. The maximum atomic E-state index is 13.2. The average Bonchev–Trinajstić information content (AvgIpc) is 2.86. The zero-order valence-corrected chi connectivity index (χ0v) is 21.3. The summed E-state index contributed by atoms with van der Waals surface area (Å²) in [6, 6.07) is 14.0. The van der Waals surface area contributed by atoms with Gasteiger partial charge in [0.05, 0.1) is 29.7 Å². The summed E-state index contributed by atoms with van der Waals surface area (Å²) in [5.41, 5.74) is 1.48. The second kappa shape index (κ2) is 10.7. The number of fused-ring (bicyclic) bond motifs is 1. The van der Waals surface area contributed by atoms with Crippen LogP contribution in [-0.2, 0) is 19.6 Å². The average molecular weight is 528 g/mol. The normalized spacial score (nSPS) is 21.2. The first-order chi connectivity index (χ1) is 17.8. The van der Waals surface area contributed by atoms with Gasteiger partial charge in [0.25, 0.3) is 0 Å². The topological polar surface area (TPSA) is 107 Å². The van der Waals surface area contributed by atoms with Crippen molar-refractivity contribution in [3.63, 3.8) is 0 Å². The molecule has 1 aliphatic carbocycles. The van der Waals surface area contributed by atoms with Gasteiger partial charge in [-0.25, -0.2) is 22.5 Å². The van der Waals surface area contributed by atoms with Crippen LogP contribution in [0.4, 0.5) is 4.39 Å². The van der Waals surface area contributed by atoms with Crippen molar-refractivity contribution in [1.82, 2.24) is 15.0 Å². The van der Waals surface area contributed by atoms with Gasteiger partial charge in [-0.2, -0.15) is 0 Å². The molecule has 2 N–H and O–H groups in total. The quantitative estimate of drug-likeness (QED) is 0.461. The molecule has 2 aromatic carbocycles. The molecule has 3 aromatic rings. The van der Waals surface area contributed by atoms with E-state index in [0.29, 0.717) is 55.7 Å². The summed E-state index contributed by atoms with van der Waals surface area (Å²) in [5.74, 6) is -0.0729. The molecule has 196 valence electrons. The minimum Gasteiger partial charge on any atom is -0.469 e. The van der Waals surface area contributed by atoms with E-state index in [2.05, 4.69) is 15.0 Å². The third-order valence-corrected chi connectivity index (χ3v) is 8.51. The number of nitrogens with one attached hydrogen (secondary N) is 2. The van der Waals surface area contributed by atoms with E-state index in [4.69, 9.17) is 9.47 Å². The van der Waals surface area contributed by atoms with Crippen LogP contribution < -0.4 is 14.8 Å². The van der Waals surface area contributed by atoms with Crippen molar-refractivity contribution < 1.29 is 27.1 Å². The van der Waals surface area contributed by atoms with E-state index in [9.17, 15) is 17.6 Å². The predicted octanol–water partition coefficient (Wildman–Crippen LogP) is 3.87. The summed E-state index contributed by atoms with van der Waals surface area (Å²) in [4.78, 5) is 17.4. The number of rotatable bonds is 8. The van der Waals surface area contributed by atoms with E-state index in [1.54, 1.807) is 42.5 Å². The molecule has 2 fully saturated rings. The number of carbonyl (C=O) groups excluding carboxylic acids is 1. The molecule has 0 unspecified atom stereocenters. The minimum atomic E-state index is -3.73. The van der Waals surface area contributed by atoms with E-state index >= 15 is 0 Å². The molecule has 1 atom stereocenters. The zero-order chi connectivity index (χ0) is 26.0. The Kier molecular flexibility index (Phi) is 7.41. The Balaban J connectivity index is 1.15. The summed E-state index contributed by atoms with van der Waals surface area (Å²) >= 11 is 0. The van der Waals surface area contributed by atoms with Crippen molar-refractivity contribution in [2.24, 2.45) is 5.92 Å². The van der Waals surface area contributed by atoms with Gasteiger partial charge >= 0.3 is 0 Å². The molecule has 1 amide bonds. The van der Waals surface area contributed by atoms with E-state index in [0.717, 1.165) is 5.56 Å². The van der Waals surface area contributed by atoms with Crippen LogP contribution in [0.2, 0.25) is 0 Å². The van der Waals surface area contributed by atoms with Gasteiger partial charge in [0.15, 0.2) is 0 Å². The molecule has 0 radical (unpaired) electrons. The Bertz CT molecular complexity index is 1370.